The summed E-state index contributed by atoms with van der Waals surface area (Å²) in [4.78, 5) is 27.6. The molecule has 4 aromatic rings. The van der Waals surface area contributed by atoms with E-state index in [9.17, 15) is 4.79 Å². The second kappa shape index (κ2) is 11.9. The molecule has 1 aliphatic heterocycles. The van der Waals surface area contributed by atoms with Crippen molar-refractivity contribution in [3.8, 4) is 17.6 Å². The third-order valence-electron chi connectivity index (χ3n) is 6.32. The van der Waals surface area contributed by atoms with Gasteiger partial charge in [-0.15, -0.1) is 0 Å². The van der Waals surface area contributed by atoms with E-state index in [1.807, 2.05) is 36.4 Å². The van der Waals surface area contributed by atoms with Crippen molar-refractivity contribution in [2.75, 3.05) is 30.8 Å². The Hall–Kier alpha value is -4.45. The van der Waals surface area contributed by atoms with Gasteiger partial charge in [0.15, 0.2) is 0 Å². The molecule has 0 unspecified atom stereocenters. The van der Waals surface area contributed by atoms with Crippen LogP contribution in [-0.4, -0.2) is 45.9 Å². The maximum Gasteiger partial charge on any atom is 0.247 e. The van der Waals surface area contributed by atoms with Crippen LogP contribution in [0.15, 0.2) is 73.7 Å². The van der Waals surface area contributed by atoms with Gasteiger partial charge in [-0.3, -0.25) is 9.78 Å². The summed E-state index contributed by atoms with van der Waals surface area (Å²) >= 11 is 6.50. The Bertz CT molecular complexity index is 1580. The third-order valence-corrected chi connectivity index (χ3v) is 6.61. The maximum atomic E-state index is 12.2. The summed E-state index contributed by atoms with van der Waals surface area (Å²) in [5.41, 5.74) is 3.48. The van der Waals surface area contributed by atoms with E-state index < -0.39 is 0 Å². The highest BCUT2D eigenvalue weighted by Crippen LogP contribution is 2.32. The molecule has 1 fully saturated rings. The van der Waals surface area contributed by atoms with E-state index in [1.165, 1.54) is 12.4 Å². The summed E-state index contributed by atoms with van der Waals surface area (Å²) < 4.78 is 5.83. The number of nitrogens with zero attached hydrogens (tertiary/aromatic N) is 4. The van der Waals surface area contributed by atoms with Crippen molar-refractivity contribution in [1.82, 2.24) is 19.9 Å². The number of fused-ring (bicyclic) bond motifs is 1. The Morgan fingerprint density at radius 3 is 2.87 bits per heavy atom. The van der Waals surface area contributed by atoms with Crippen molar-refractivity contribution in [1.29, 1.82) is 0 Å². The first-order valence-corrected chi connectivity index (χ1v) is 12.9. The molecule has 196 valence electrons. The van der Waals surface area contributed by atoms with E-state index in [4.69, 9.17) is 16.3 Å². The van der Waals surface area contributed by atoms with Crippen molar-refractivity contribution >= 4 is 45.6 Å². The zero-order valence-corrected chi connectivity index (χ0v) is 22.2. The molecule has 1 aliphatic rings. The fourth-order valence-electron chi connectivity index (χ4n) is 4.29. The predicted octanol–water partition coefficient (Wildman–Crippen LogP) is 5.43. The Balaban J connectivity index is 1.41. The smallest absolute Gasteiger partial charge is 0.247 e. The number of carbonyl (C=O) groups is 1. The van der Waals surface area contributed by atoms with E-state index in [0.29, 0.717) is 40.0 Å². The number of carbonyl (C=O) groups excluding carboxylic acids is 1. The molecule has 0 aliphatic carbocycles. The molecule has 0 radical (unpaired) electrons. The molecule has 3 heterocycles. The molecule has 2 aromatic heterocycles. The fourth-order valence-corrected chi connectivity index (χ4v) is 4.53. The van der Waals surface area contributed by atoms with Crippen LogP contribution in [0.5, 0.6) is 5.75 Å². The van der Waals surface area contributed by atoms with Crippen LogP contribution < -0.4 is 15.4 Å². The van der Waals surface area contributed by atoms with Crippen LogP contribution in [0.2, 0.25) is 5.02 Å². The highest BCUT2D eigenvalue weighted by molar-refractivity contribution is 6.32. The summed E-state index contributed by atoms with van der Waals surface area (Å²) in [6, 6.07) is 14.8. The van der Waals surface area contributed by atoms with Gasteiger partial charge in [0.1, 0.15) is 24.5 Å². The van der Waals surface area contributed by atoms with E-state index in [-0.39, 0.29) is 11.8 Å². The summed E-state index contributed by atoms with van der Waals surface area (Å²) in [6.07, 6.45) is 5.46. The summed E-state index contributed by atoms with van der Waals surface area (Å²) in [6.45, 7) is 5.84. The Morgan fingerprint density at radius 1 is 1.23 bits per heavy atom. The molecule has 0 saturated carbocycles. The minimum Gasteiger partial charge on any atom is -0.486 e. The first-order valence-electron chi connectivity index (χ1n) is 12.5. The number of ether oxygens (including phenoxy) is 1. The fraction of sp³-hybridized carbons (Fsp3) is 0.200. The molecule has 9 heteroatoms. The topological polar surface area (TPSA) is 92.3 Å². The molecule has 2 N–H and O–H groups in total. The number of rotatable bonds is 7. The molecule has 1 amide bonds. The lowest BCUT2D eigenvalue weighted by molar-refractivity contribution is -0.111. The molecule has 1 saturated heterocycles. The van der Waals surface area contributed by atoms with Gasteiger partial charge < -0.3 is 20.3 Å². The van der Waals surface area contributed by atoms with Gasteiger partial charge in [-0.1, -0.05) is 36.1 Å². The third kappa shape index (κ3) is 6.52. The standard InChI is InChI=1S/C30H27ClN6O2/c1-3-29(38)36-26-16-24-27(14-21(26)8-7-20-11-13-37(2)17-20)33-19-34-30(24)35-22-9-10-28(25(31)15-22)39-18-23-6-4-5-12-32-23/h3-6,9-10,12,14-16,19-20H,1,11,13,17-18H2,2H3,(H,36,38)(H,33,34,35)/t20-/m0/s1. The van der Waals surface area contributed by atoms with Crippen LogP contribution in [0, 0.1) is 17.8 Å². The highest BCUT2D eigenvalue weighted by Gasteiger charge is 2.17. The number of pyridine rings is 1. The summed E-state index contributed by atoms with van der Waals surface area (Å²) in [5, 5.41) is 7.35. The van der Waals surface area contributed by atoms with Crippen LogP contribution in [0.4, 0.5) is 17.2 Å². The van der Waals surface area contributed by atoms with Crippen LogP contribution >= 0.6 is 11.6 Å². The average molecular weight is 539 g/mol. The molecule has 1 atom stereocenters. The normalized spacial score (nSPS) is 14.9. The lowest BCUT2D eigenvalue weighted by atomic mass is 10.1. The number of anilines is 3. The maximum absolute atomic E-state index is 12.2. The highest BCUT2D eigenvalue weighted by atomic mass is 35.5. The van der Waals surface area contributed by atoms with Gasteiger partial charge in [0.25, 0.3) is 0 Å². The number of hydrogen-bond donors (Lipinski definition) is 2. The SMILES string of the molecule is C=CC(=O)Nc1cc2c(Nc3ccc(OCc4ccccn4)c(Cl)c3)ncnc2cc1C#C[C@H]1CCN(C)C1. The van der Waals surface area contributed by atoms with Crippen LogP contribution in [-0.2, 0) is 11.4 Å². The second-order valence-electron chi connectivity index (χ2n) is 9.23. The van der Waals surface area contributed by atoms with E-state index in [1.54, 1.807) is 18.3 Å². The van der Waals surface area contributed by atoms with Crippen LogP contribution in [0.25, 0.3) is 10.9 Å². The second-order valence-corrected chi connectivity index (χ2v) is 9.63. The van der Waals surface area contributed by atoms with E-state index in [0.717, 1.165) is 36.3 Å². The molecule has 8 nitrogen and oxygen atoms in total. The van der Waals surface area contributed by atoms with E-state index >= 15 is 0 Å². The predicted molar refractivity (Wildman–Crippen MR) is 154 cm³/mol. The molecule has 0 spiro atoms. The van der Waals surface area contributed by atoms with Crippen molar-refractivity contribution in [3.05, 3.63) is 90.0 Å². The molecular weight excluding hydrogens is 512 g/mol. The van der Waals surface area contributed by atoms with Gasteiger partial charge in [-0.05, 0) is 68.6 Å². The number of likely N-dealkylation sites (tertiary alicyclic amines) is 1. The zero-order chi connectivity index (χ0) is 27.2. The quantitative estimate of drug-likeness (QED) is 0.239. The Kier molecular flexibility index (Phi) is 8.02. The first-order chi connectivity index (χ1) is 19.0. The molecule has 0 bridgehead atoms. The van der Waals surface area contributed by atoms with Gasteiger partial charge >= 0.3 is 0 Å². The molecular formula is C30H27ClN6O2. The van der Waals surface area contributed by atoms with Gasteiger partial charge in [0.05, 0.1) is 27.5 Å². The first kappa shape index (κ1) is 26.2. The lowest BCUT2D eigenvalue weighted by Crippen LogP contribution is -2.13. The summed E-state index contributed by atoms with van der Waals surface area (Å²) in [5.74, 6) is 7.69. The molecule has 2 aromatic carbocycles. The van der Waals surface area contributed by atoms with Crippen molar-refractivity contribution in [2.24, 2.45) is 5.92 Å². The van der Waals surface area contributed by atoms with Crippen molar-refractivity contribution in [2.45, 2.75) is 13.0 Å². The number of aromatic nitrogens is 3. The van der Waals surface area contributed by atoms with Gasteiger partial charge in [-0.25, -0.2) is 9.97 Å². The lowest BCUT2D eigenvalue weighted by Gasteiger charge is -2.13. The minimum atomic E-state index is -0.322. The Labute approximate surface area is 232 Å². The monoisotopic (exact) mass is 538 g/mol. The van der Waals surface area contributed by atoms with Gasteiger partial charge in [-0.2, -0.15) is 0 Å². The molecule has 39 heavy (non-hydrogen) atoms. The van der Waals surface area contributed by atoms with Crippen LogP contribution in [0.3, 0.4) is 0 Å². The largest absolute Gasteiger partial charge is 0.486 e. The number of nitrogens with one attached hydrogen (secondary N) is 2. The zero-order valence-electron chi connectivity index (χ0n) is 21.4. The summed E-state index contributed by atoms with van der Waals surface area (Å²) in [7, 11) is 2.09. The van der Waals surface area contributed by atoms with Crippen molar-refractivity contribution < 1.29 is 9.53 Å². The Morgan fingerprint density at radius 2 is 2.13 bits per heavy atom. The number of hydrogen-bond acceptors (Lipinski definition) is 7. The van der Waals surface area contributed by atoms with Gasteiger partial charge in [0.2, 0.25) is 5.91 Å². The number of amides is 1. The van der Waals surface area contributed by atoms with Gasteiger partial charge in [0, 0.05) is 29.7 Å². The molecule has 5 rings (SSSR count). The van der Waals surface area contributed by atoms with Crippen LogP contribution in [0.1, 0.15) is 17.7 Å². The number of halogens is 1. The van der Waals surface area contributed by atoms with E-state index in [2.05, 4.69) is 56.0 Å². The minimum absolute atomic E-state index is 0.289. The number of benzene rings is 2. The average Bonchev–Trinajstić information content (AvgIpc) is 3.37. The van der Waals surface area contributed by atoms with Crippen molar-refractivity contribution in [3.63, 3.8) is 0 Å².